The highest BCUT2D eigenvalue weighted by Crippen LogP contribution is 2.14. The number of fused-ring (bicyclic) bond motifs is 1. The van der Waals surface area contributed by atoms with Gasteiger partial charge in [0, 0.05) is 18.1 Å². The van der Waals surface area contributed by atoms with Crippen molar-refractivity contribution in [3.63, 3.8) is 0 Å². The molecule has 1 aromatic carbocycles. The van der Waals surface area contributed by atoms with Crippen LogP contribution in [0.4, 0.5) is 4.39 Å². The second-order valence-electron chi connectivity index (χ2n) is 2.87. The maximum Gasteiger partial charge on any atom is 0.123 e. The molecule has 2 nitrogen and oxygen atoms in total. The van der Waals surface area contributed by atoms with E-state index in [0.29, 0.717) is 6.54 Å². The van der Waals surface area contributed by atoms with Gasteiger partial charge in [0.25, 0.3) is 0 Å². The maximum atomic E-state index is 12.8. The highest BCUT2D eigenvalue weighted by Gasteiger charge is 1.97. The fourth-order valence-electron chi connectivity index (χ4n) is 1.27. The quantitative estimate of drug-likeness (QED) is 0.720. The molecule has 1 heterocycles. The zero-order chi connectivity index (χ0) is 9.26. The Labute approximate surface area is 75.2 Å². The lowest BCUT2D eigenvalue weighted by Crippen LogP contribution is -1.98. The van der Waals surface area contributed by atoms with E-state index in [1.54, 1.807) is 12.3 Å². The van der Waals surface area contributed by atoms with Crippen molar-refractivity contribution in [1.29, 1.82) is 0 Å². The van der Waals surface area contributed by atoms with Crippen molar-refractivity contribution >= 4 is 10.8 Å². The molecule has 2 rings (SSSR count). The molecule has 0 saturated carbocycles. The van der Waals surface area contributed by atoms with E-state index in [2.05, 4.69) is 4.98 Å². The summed E-state index contributed by atoms with van der Waals surface area (Å²) in [7, 11) is 0. The summed E-state index contributed by atoms with van der Waals surface area (Å²) in [5.41, 5.74) is 6.25. The third-order valence-corrected chi connectivity index (χ3v) is 1.95. The molecule has 0 saturated heterocycles. The average molecular weight is 176 g/mol. The van der Waals surface area contributed by atoms with Crippen LogP contribution in [0.5, 0.6) is 0 Å². The van der Waals surface area contributed by atoms with Crippen LogP contribution in [0.3, 0.4) is 0 Å². The molecular weight excluding hydrogens is 167 g/mol. The Balaban J connectivity index is 2.66. The lowest BCUT2D eigenvalue weighted by Gasteiger charge is -1.99. The molecule has 0 aliphatic heterocycles. The Kier molecular flexibility index (Phi) is 1.94. The van der Waals surface area contributed by atoms with Gasteiger partial charge in [-0.15, -0.1) is 0 Å². The Hall–Kier alpha value is -1.48. The summed E-state index contributed by atoms with van der Waals surface area (Å²) in [4.78, 5) is 4.07. The maximum absolute atomic E-state index is 12.8. The molecule has 0 spiro atoms. The van der Waals surface area contributed by atoms with Crippen molar-refractivity contribution < 1.29 is 4.39 Å². The van der Waals surface area contributed by atoms with E-state index in [1.807, 2.05) is 6.07 Å². The predicted molar refractivity (Wildman–Crippen MR) is 49.6 cm³/mol. The van der Waals surface area contributed by atoms with E-state index in [9.17, 15) is 4.39 Å². The Morgan fingerprint density at radius 2 is 2.08 bits per heavy atom. The fourth-order valence-corrected chi connectivity index (χ4v) is 1.27. The van der Waals surface area contributed by atoms with E-state index < -0.39 is 0 Å². The van der Waals surface area contributed by atoms with Gasteiger partial charge in [-0.3, -0.25) is 4.98 Å². The predicted octanol–water partition coefficient (Wildman–Crippen LogP) is 1.83. The van der Waals surface area contributed by atoms with Gasteiger partial charge in [0.1, 0.15) is 5.82 Å². The molecule has 0 unspecified atom stereocenters. The van der Waals surface area contributed by atoms with Crippen LogP contribution in [0.2, 0.25) is 0 Å². The normalized spacial score (nSPS) is 10.6. The summed E-state index contributed by atoms with van der Waals surface area (Å²) in [6, 6.07) is 6.49. The topological polar surface area (TPSA) is 38.9 Å². The number of nitrogens with zero attached hydrogens (tertiary/aromatic N) is 1. The van der Waals surface area contributed by atoms with Gasteiger partial charge in [-0.05, 0) is 23.6 Å². The molecule has 2 N–H and O–H groups in total. The first-order chi connectivity index (χ1) is 6.29. The zero-order valence-electron chi connectivity index (χ0n) is 7.00. The van der Waals surface area contributed by atoms with Gasteiger partial charge in [-0.1, -0.05) is 6.07 Å². The molecule has 66 valence electrons. The molecule has 0 atom stereocenters. The van der Waals surface area contributed by atoms with E-state index in [0.717, 1.165) is 16.5 Å². The van der Waals surface area contributed by atoms with Gasteiger partial charge in [-0.25, -0.2) is 4.39 Å². The van der Waals surface area contributed by atoms with Crippen LogP contribution < -0.4 is 5.73 Å². The van der Waals surface area contributed by atoms with E-state index in [4.69, 9.17) is 5.73 Å². The number of hydrogen-bond donors (Lipinski definition) is 1. The highest BCUT2D eigenvalue weighted by molar-refractivity contribution is 5.81. The third-order valence-electron chi connectivity index (χ3n) is 1.95. The summed E-state index contributed by atoms with van der Waals surface area (Å²) >= 11 is 0. The zero-order valence-corrected chi connectivity index (χ0v) is 7.00. The molecule has 0 amide bonds. The highest BCUT2D eigenvalue weighted by atomic mass is 19.1. The minimum absolute atomic E-state index is 0.241. The minimum Gasteiger partial charge on any atom is -0.325 e. The number of halogens is 1. The van der Waals surface area contributed by atoms with E-state index in [1.165, 1.54) is 12.1 Å². The van der Waals surface area contributed by atoms with Crippen molar-refractivity contribution in [2.75, 3.05) is 0 Å². The number of benzene rings is 1. The van der Waals surface area contributed by atoms with Crippen LogP contribution in [-0.4, -0.2) is 4.98 Å². The van der Waals surface area contributed by atoms with Crippen LogP contribution in [0.25, 0.3) is 10.8 Å². The Morgan fingerprint density at radius 3 is 2.85 bits per heavy atom. The number of nitrogens with two attached hydrogens (primary N) is 1. The Morgan fingerprint density at radius 1 is 1.23 bits per heavy atom. The average Bonchev–Trinajstić information content (AvgIpc) is 2.17. The van der Waals surface area contributed by atoms with Gasteiger partial charge in [-0.2, -0.15) is 0 Å². The first kappa shape index (κ1) is 8.13. The molecule has 0 bridgehead atoms. The van der Waals surface area contributed by atoms with Gasteiger partial charge in [0.15, 0.2) is 0 Å². The standard InChI is InChI=1S/C10H9FN2/c11-9-2-1-7-4-10(5-12)13-6-8(7)3-9/h1-4,6H,5,12H2. The van der Waals surface area contributed by atoms with Gasteiger partial charge in [0.05, 0.1) is 5.69 Å². The summed E-state index contributed by atoms with van der Waals surface area (Å²) < 4.78 is 12.8. The molecule has 13 heavy (non-hydrogen) atoms. The van der Waals surface area contributed by atoms with Crippen LogP contribution >= 0.6 is 0 Å². The summed E-state index contributed by atoms with van der Waals surface area (Å²) in [6.45, 7) is 0.410. The molecular formula is C10H9FN2. The van der Waals surface area contributed by atoms with Crippen LogP contribution in [0, 0.1) is 5.82 Å². The van der Waals surface area contributed by atoms with Crippen LogP contribution in [-0.2, 0) is 6.54 Å². The van der Waals surface area contributed by atoms with Gasteiger partial charge >= 0.3 is 0 Å². The molecule has 0 aliphatic rings. The van der Waals surface area contributed by atoms with Crippen molar-refractivity contribution in [2.45, 2.75) is 6.54 Å². The minimum atomic E-state index is -0.241. The van der Waals surface area contributed by atoms with Crippen molar-refractivity contribution in [2.24, 2.45) is 5.73 Å². The van der Waals surface area contributed by atoms with E-state index >= 15 is 0 Å². The molecule has 0 fully saturated rings. The lowest BCUT2D eigenvalue weighted by atomic mass is 10.1. The lowest BCUT2D eigenvalue weighted by molar-refractivity contribution is 0.629. The third kappa shape index (κ3) is 1.51. The summed E-state index contributed by atoms with van der Waals surface area (Å²) in [5.74, 6) is -0.241. The van der Waals surface area contributed by atoms with Crippen LogP contribution in [0.1, 0.15) is 5.69 Å². The molecule has 0 radical (unpaired) electrons. The molecule has 2 aromatic rings. The van der Waals surface area contributed by atoms with Crippen molar-refractivity contribution in [3.05, 3.63) is 42.0 Å². The SMILES string of the molecule is NCc1cc2ccc(F)cc2cn1. The van der Waals surface area contributed by atoms with Gasteiger partial charge < -0.3 is 5.73 Å². The molecule has 0 aliphatic carbocycles. The first-order valence-electron chi connectivity index (χ1n) is 4.04. The largest absolute Gasteiger partial charge is 0.325 e. The van der Waals surface area contributed by atoms with Crippen molar-refractivity contribution in [1.82, 2.24) is 4.98 Å². The molecule has 3 heteroatoms. The first-order valence-corrected chi connectivity index (χ1v) is 4.04. The summed E-state index contributed by atoms with van der Waals surface area (Å²) in [6.07, 6.45) is 1.64. The Bertz CT molecular complexity index is 440. The van der Waals surface area contributed by atoms with Crippen LogP contribution in [0.15, 0.2) is 30.5 Å². The number of hydrogen-bond acceptors (Lipinski definition) is 2. The number of pyridine rings is 1. The summed E-state index contributed by atoms with van der Waals surface area (Å²) in [5, 5.41) is 1.77. The number of rotatable bonds is 1. The fraction of sp³-hybridized carbons (Fsp3) is 0.100. The monoisotopic (exact) mass is 176 g/mol. The smallest absolute Gasteiger partial charge is 0.123 e. The second kappa shape index (κ2) is 3.11. The van der Waals surface area contributed by atoms with Gasteiger partial charge in [0.2, 0.25) is 0 Å². The van der Waals surface area contributed by atoms with Crippen molar-refractivity contribution in [3.8, 4) is 0 Å². The number of aromatic nitrogens is 1. The second-order valence-corrected chi connectivity index (χ2v) is 2.87. The molecule has 1 aromatic heterocycles. The van der Waals surface area contributed by atoms with E-state index in [-0.39, 0.29) is 5.82 Å².